The highest BCUT2D eigenvalue weighted by Crippen LogP contribution is 2.22. The van der Waals surface area contributed by atoms with Gasteiger partial charge in [-0.25, -0.2) is 4.98 Å². The van der Waals surface area contributed by atoms with Crippen molar-refractivity contribution >= 4 is 29.1 Å². The van der Waals surface area contributed by atoms with Gasteiger partial charge in [0.25, 0.3) is 0 Å². The molecular weight excluding hydrogens is 194 g/mol. The molecule has 1 heterocycles. The lowest BCUT2D eigenvalue weighted by molar-refractivity contribution is -0.136. The van der Waals surface area contributed by atoms with Crippen LogP contribution in [0.15, 0.2) is 10.5 Å². The van der Waals surface area contributed by atoms with E-state index in [1.54, 1.807) is 29.3 Å². The molecule has 5 heteroatoms. The molecule has 0 fully saturated rings. The Bertz CT molecular complexity index is 272. The minimum Gasteiger partial charge on any atom is -0.481 e. The van der Waals surface area contributed by atoms with E-state index in [0.29, 0.717) is 6.42 Å². The number of thiazole rings is 1. The largest absolute Gasteiger partial charge is 0.481 e. The maximum atomic E-state index is 10.2. The summed E-state index contributed by atoms with van der Waals surface area (Å²) in [4.78, 5) is 15.4. The summed E-state index contributed by atoms with van der Waals surface area (Å²) in [6, 6.07) is 0. The van der Waals surface area contributed by atoms with E-state index in [9.17, 15) is 4.79 Å². The number of carboxylic acid groups (broad SMARTS) is 1. The fraction of sp³-hybridized carbons (Fsp3) is 0.429. The number of carbonyl (C=O) groups is 1. The third kappa shape index (κ3) is 2.83. The van der Waals surface area contributed by atoms with Crippen molar-refractivity contribution in [3.63, 3.8) is 0 Å². The maximum Gasteiger partial charge on any atom is 0.303 e. The van der Waals surface area contributed by atoms with Gasteiger partial charge in [-0.1, -0.05) is 11.8 Å². The highest BCUT2D eigenvalue weighted by molar-refractivity contribution is 8.00. The van der Waals surface area contributed by atoms with Crippen molar-refractivity contribution in [1.29, 1.82) is 0 Å². The summed E-state index contributed by atoms with van der Waals surface area (Å²) in [6.45, 7) is 0. The molecule has 1 aromatic rings. The summed E-state index contributed by atoms with van der Waals surface area (Å²) in [5.41, 5.74) is 0. The number of aliphatic carboxylic acids is 1. The minimum atomic E-state index is -0.755. The zero-order valence-corrected chi connectivity index (χ0v) is 8.24. The Morgan fingerprint density at radius 2 is 2.58 bits per heavy atom. The highest BCUT2D eigenvalue weighted by atomic mass is 32.2. The van der Waals surface area contributed by atoms with E-state index in [2.05, 4.69) is 4.98 Å². The van der Waals surface area contributed by atoms with Crippen LogP contribution in [-0.4, -0.2) is 22.3 Å². The standard InChI is InChI=1S/C7H9NO2S2/c1-11-7-8-4-5(12-7)2-3-6(9)10/h4H,2-3H2,1H3,(H,9,10). The van der Waals surface area contributed by atoms with Crippen LogP contribution in [0.5, 0.6) is 0 Å². The fourth-order valence-corrected chi connectivity index (χ4v) is 2.18. The van der Waals surface area contributed by atoms with E-state index in [0.717, 1.165) is 9.22 Å². The predicted molar refractivity (Wildman–Crippen MR) is 49.9 cm³/mol. The van der Waals surface area contributed by atoms with E-state index in [-0.39, 0.29) is 6.42 Å². The molecule has 0 aliphatic rings. The highest BCUT2D eigenvalue weighted by Gasteiger charge is 2.02. The van der Waals surface area contributed by atoms with E-state index in [1.807, 2.05) is 6.26 Å². The zero-order chi connectivity index (χ0) is 8.97. The lowest BCUT2D eigenvalue weighted by Crippen LogP contribution is -1.95. The molecule has 0 bridgehead atoms. The monoisotopic (exact) mass is 203 g/mol. The predicted octanol–water partition coefficient (Wildman–Crippen LogP) is 1.88. The molecule has 1 N–H and O–H groups in total. The van der Waals surface area contributed by atoms with Crippen LogP contribution >= 0.6 is 23.1 Å². The molecule has 0 amide bonds. The number of rotatable bonds is 4. The van der Waals surface area contributed by atoms with E-state index < -0.39 is 5.97 Å². The Labute approximate surface area is 78.8 Å². The summed E-state index contributed by atoms with van der Waals surface area (Å²) in [5, 5.41) is 8.42. The average molecular weight is 203 g/mol. The van der Waals surface area contributed by atoms with Gasteiger partial charge >= 0.3 is 5.97 Å². The second-order valence-electron chi connectivity index (χ2n) is 2.19. The molecule has 1 aromatic heterocycles. The average Bonchev–Trinajstić information content (AvgIpc) is 2.48. The summed E-state index contributed by atoms with van der Waals surface area (Å²) < 4.78 is 0.996. The van der Waals surface area contributed by atoms with E-state index in [1.165, 1.54) is 0 Å². The smallest absolute Gasteiger partial charge is 0.303 e. The minimum absolute atomic E-state index is 0.190. The molecule has 0 unspecified atom stereocenters. The van der Waals surface area contributed by atoms with Gasteiger partial charge < -0.3 is 5.11 Å². The Hall–Kier alpha value is -0.550. The molecule has 1 rings (SSSR count). The normalized spacial score (nSPS) is 10.1. The fourth-order valence-electron chi connectivity index (χ4n) is 0.730. The van der Waals surface area contributed by atoms with E-state index in [4.69, 9.17) is 5.11 Å². The van der Waals surface area contributed by atoms with Crippen molar-refractivity contribution in [2.24, 2.45) is 0 Å². The number of aryl methyl sites for hydroxylation is 1. The molecule has 3 nitrogen and oxygen atoms in total. The molecule has 66 valence electrons. The first-order valence-electron chi connectivity index (χ1n) is 3.43. The number of hydrogen-bond donors (Lipinski definition) is 1. The molecule has 0 aliphatic heterocycles. The molecule has 0 radical (unpaired) electrons. The summed E-state index contributed by atoms with van der Waals surface area (Å²) >= 11 is 3.15. The molecule has 0 aromatic carbocycles. The van der Waals surface area contributed by atoms with Gasteiger partial charge in [-0.05, 0) is 12.7 Å². The van der Waals surface area contributed by atoms with Gasteiger partial charge in [0.05, 0.1) is 6.42 Å². The van der Waals surface area contributed by atoms with Crippen molar-refractivity contribution < 1.29 is 9.90 Å². The third-order valence-corrected chi connectivity index (χ3v) is 3.35. The first-order chi connectivity index (χ1) is 5.72. The quantitative estimate of drug-likeness (QED) is 0.759. The van der Waals surface area contributed by atoms with Crippen molar-refractivity contribution in [3.05, 3.63) is 11.1 Å². The van der Waals surface area contributed by atoms with E-state index >= 15 is 0 Å². The van der Waals surface area contributed by atoms with Gasteiger partial charge in [0.1, 0.15) is 4.34 Å². The lowest BCUT2D eigenvalue weighted by Gasteiger charge is -1.89. The van der Waals surface area contributed by atoms with Crippen LogP contribution in [0.1, 0.15) is 11.3 Å². The summed E-state index contributed by atoms with van der Waals surface area (Å²) in [6.07, 6.45) is 4.49. The first kappa shape index (κ1) is 9.54. The molecule has 12 heavy (non-hydrogen) atoms. The zero-order valence-electron chi connectivity index (χ0n) is 6.61. The molecule has 0 saturated carbocycles. The number of aromatic nitrogens is 1. The van der Waals surface area contributed by atoms with Crippen molar-refractivity contribution in [3.8, 4) is 0 Å². The lowest BCUT2D eigenvalue weighted by atomic mass is 10.3. The number of thioether (sulfide) groups is 1. The Kier molecular flexibility index (Phi) is 3.55. The maximum absolute atomic E-state index is 10.2. The molecule has 0 spiro atoms. The molecule has 0 atom stereocenters. The van der Waals surface area contributed by atoms with Crippen LogP contribution in [0.3, 0.4) is 0 Å². The Morgan fingerprint density at radius 3 is 3.08 bits per heavy atom. The Morgan fingerprint density at radius 1 is 1.83 bits per heavy atom. The summed E-state index contributed by atoms with van der Waals surface area (Å²) in [5.74, 6) is -0.755. The number of carboxylic acids is 1. The van der Waals surface area contributed by atoms with Gasteiger partial charge in [0.15, 0.2) is 0 Å². The van der Waals surface area contributed by atoms with Gasteiger partial charge in [-0.15, -0.1) is 11.3 Å². The van der Waals surface area contributed by atoms with Crippen LogP contribution < -0.4 is 0 Å². The number of hydrogen-bond acceptors (Lipinski definition) is 4. The molecule has 0 saturated heterocycles. The van der Waals surface area contributed by atoms with Gasteiger partial charge in [-0.2, -0.15) is 0 Å². The van der Waals surface area contributed by atoms with Crippen LogP contribution in [0.4, 0.5) is 0 Å². The van der Waals surface area contributed by atoms with Gasteiger partial charge in [0, 0.05) is 11.1 Å². The van der Waals surface area contributed by atoms with Crippen LogP contribution in [0.25, 0.3) is 0 Å². The van der Waals surface area contributed by atoms with Crippen molar-refractivity contribution in [2.45, 2.75) is 17.2 Å². The first-order valence-corrected chi connectivity index (χ1v) is 5.47. The second kappa shape index (κ2) is 4.47. The van der Waals surface area contributed by atoms with Crippen LogP contribution in [0, 0.1) is 0 Å². The topological polar surface area (TPSA) is 50.2 Å². The molecule has 0 aliphatic carbocycles. The third-order valence-electron chi connectivity index (χ3n) is 1.29. The summed E-state index contributed by atoms with van der Waals surface area (Å²) in [7, 11) is 0. The second-order valence-corrected chi connectivity index (χ2v) is 4.36. The van der Waals surface area contributed by atoms with Crippen LogP contribution in [-0.2, 0) is 11.2 Å². The molecular formula is C7H9NO2S2. The van der Waals surface area contributed by atoms with Gasteiger partial charge in [-0.3, -0.25) is 4.79 Å². The number of nitrogens with zero attached hydrogens (tertiary/aromatic N) is 1. The Balaban J connectivity index is 2.47. The van der Waals surface area contributed by atoms with Crippen molar-refractivity contribution in [1.82, 2.24) is 4.98 Å². The SMILES string of the molecule is CSc1ncc(CCC(=O)O)s1. The van der Waals surface area contributed by atoms with Crippen LogP contribution in [0.2, 0.25) is 0 Å². The van der Waals surface area contributed by atoms with Gasteiger partial charge in [0.2, 0.25) is 0 Å². The van der Waals surface area contributed by atoms with Crippen molar-refractivity contribution in [2.75, 3.05) is 6.26 Å².